The summed E-state index contributed by atoms with van der Waals surface area (Å²) in [7, 11) is 0. The summed E-state index contributed by atoms with van der Waals surface area (Å²) in [5, 5.41) is 9.58. The topological polar surface area (TPSA) is 109 Å². The third kappa shape index (κ3) is 7.71. The van der Waals surface area contributed by atoms with Gasteiger partial charge in [-0.3, -0.25) is 14.4 Å². The first kappa shape index (κ1) is 27.0. The molecule has 0 radical (unpaired) electrons. The normalized spacial score (nSPS) is 10.7. The Balaban J connectivity index is 1.58. The van der Waals surface area contributed by atoms with Crippen LogP contribution in [0.3, 0.4) is 0 Å². The number of halogens is 3. The van der Waals surface area contributed by atoms with E-state index in [1.165, 1.54) is 18.3 Å². The molecule has 0 spiro atoms. The fourth-order valence-electron chi connectivity index (χ4n) is 2.91. The molecular weight excluding hydrogens is 527 g/mol. The lowest BCUT2D eigenvalue weighted by Crippen LogP contribution is -2.32. The van der Waals surface area contributed by atoms with Crippen molar-refractivity contribution in [2.45, 2.75) is 13.3 Å². The van der Waals surface area contributed by atoms with Crippen LogP contribution in [0.2, 0.25) is 15.1 Å². The minimum Gasteiger partial charge on any atom is -0.483 e. The minimum atomic E-state index is -1.04. The molecule has 36 heavy (non-hydrogen) atoms. The molecule has 0 unspecified atom stereocenters. The second-order valence-corrected chi connectivity index (χ2v) is 8.55. The van der Waals surface area contributed by atoms with Crippen molar-refractivity contribution >= 4 is 70.1 Å². The number of anilines is 2. The fraction of sp³-hybridized carbons (Fsp3) is 0.120. The molecule has 0 atom stereocenters. The summed E-state index contributed by atoms with van der Waals surface area (Å²) < 4.78 is 5.60. The maximum atomic E-state index is 12.3. The smallest absolute Gasteiger partial charge is 0.329 e. The highest BCUT2D eigenvalue weighted by molar-refractivity contribution is 6.45. The molecule has 11 heteroatoms. The zero-order valence-corrected chi connectivity index (χ0v) is 21.2. The van der Waals surface area contributed by atoms with Gasteiger partial charge in [0.15, 0.2) is 6.61 Å². The summed E-state index contributed by atoms with van der Waals surface area (Å²) in [5.41, 5.74) is 4.47. The van der Waals surface area contributed by atoms with Gasteiger partial charge in [0.2, 0.25) is 0 Å². The van der Waals surface area contributed by atoms with Crippen LogP contribution in [0, 0.1) is 0 Å². The maximum absolute atomic E-state index is 12.3. The third-order valence-electron chi connectivity index (χ3n) is 4.75. The largest absolute Gasteiger partial charge is 0.483 e. The van der Waals surface area contributed by atoms with Crippen LogP contribution >= 0.6 is 34.8 Å². The van der Waals surface area contributed by atoms with E-state index in [1.807, 2.05) is 31.2 Å². The van der Waals surface area contributed by atoms with Gasteiger partial charge in [0.1, 0.15) is 5.75 Å². The predicted octanol–water partition coefficient (Wildman–Crippen LogP) is 5.32. The van der Waals surface area contributed by atoms with E-state index in [2.05, 4.69) is 21.2 Å². The van der Waals surface area contributed by atoms with E-state index in [-0.39, 0.29) is 28.2 Å². The van der Waals surface area contributed by atoms with Crippen LogP contribution < -0.4 is 20.8 Å². The zero-order chi connectivity index (χ0) is 26.1. The molecule has 0 aliphatic rings. The van der Waals surface area contributed by atoms with E-state index < -0.39 is 11.8 Å². The molecule has 3 amide bonds. The van der Waals surface area contributed by atoms with Gasteiger partial charge in [0.05, 0.1) is 21.9 Å². The first-order valence-corrected chi connectivity index (χ1v) is 11.8. The molecule has 8 nitrogen and oxygen atoms in total. The number of carbonyl (C=O) groups excluding carboxylic acids is 3. The molecule has 0 aliphatic heterocycles. The Hall–Kier alpha value is -3.59. The molecule has 0 saturated heterocycles. The molecule has 0 aromatic heterocycles. The van der Waals surface area contributed by atoms with Gasteiger partial charge in [-0.2, -0.15) is 5.10 Å². The number of benzene rings is 3. The van der Waals surface area contributed by atoms with E-state index >= 15 is 0 Å². The second-order valence-electron chi connectivity index (χ2n) is 7.32. The van der Waals surface area contributed by atoms with Crippen LogP contribution in [0.1, 0.15) is 18.1 Å². The van der Waals surface area contributed by atoms with Gasteiger partial charge < -0.3 is 15.4 Å². The molecule has 3 rings (SSSR count). The number of amides is 3. The number of aryl methyl sites for hydroxylation is 1. The van der Waals surface area contributed by atoms with Crippen molar-refractivity contribution in [3.8, 4) is 5.75 Å². The molecule has 3 N–H and O–H groups in total. The van der Waals surface area contributed by atoms with Crippen molar-refractivity contribution in [3.05, 3.63) is 86.9 Å². The van der Waals surface area contributed by atoms with Crippen molar-refractivity contribution in [3.63, 3.8) is 0 Å². The van der Waals surface area contributed by atoms with E-state index in [0.29, 0.717) is 22.0 Å². The Morgan fingerprint density at radius 2 is 1.69 bits per heavy atom. The lowest BCUT2D eigenvalue weighted by Gasteiger charge is -2.10. The Morgan fingerprint density at radius 1 is 0.944 bits per heavy atom. The summed E-state index contributed by atoms with van der Waals surface area (Å²) in [6.45, 7) is 1.78. The highest BCUT2D eigenvalue weighted by atomic mass is 35.5. The minimum absolute atomic E-state index is 0.103. The van der Waals surface area contributed by atoms with Crippen molar-refractivity contribution < 1.29 is 19.1 Å². The highest BCUT2D eigenvalue weighted by Crippen LogP contribution is 2.29. The van der Waals surface area contributed by atoms with E-state index in [9.17, 15) is 14.4 Å². The number of hydrogen-bond acceptors (Lipinski definition) is 5. The average Bonchev–Trinajstić information content (AvgIpc) is 2.86. The Labute approximate surface area is 222 Å². The van der Waals surface area contributed by atoms with E-state index in [0.717, 1.165) is 12.0 Å². The molecule has 0 bridgehead atoms. The molecule has 3 aromatic rings. The van der Waals surface area contributed by atoms with Gasteiger partial charge in [0, 0.05) is 16.3 Å². The van der Waals surface area contributed by atoms with Crippen molar-refractivity contribution in [2.24, 2.45) is 5.10 Å². The molecule has 3 aromatic carbocycles. The van der Waals surface area contributed by atoms with E-state index in [4.69, 9.17) is 39.5 Å². The summed E-state index contributed by atoms with van der Waals surface area (Å²) in [5.74, 6) is -2.10. The number of hydrogen-bond donors (Lipinski definition) is 3. The zero-order valence-electron chi connectivity index (χ0n) is 19.0. The van der Waals surface area contributed by atoms with Gasteiger partial charge in [-0.15, -0.1) is 0 Å². The number of nitrogens with one attached hydrogen (secondary N) is 3. The number of nitrogens with zero attached hydrogens (tertiary/aromatic N) is 1. The summed E-state index contributed by atoms with van der Waals surface area (Å²) in [6, 6.07) is 16.8. The van der Waals surface area contributed by atoms with Crippen LogP contribution in [-0.4, -0.2) is 30.5 Å². The van der Waals surface area contributed by atoms with Crippen LogP contribution in [0.4, 0.5) is 11.4 Å². The number of carbonyl (C=O) groups is 3. The molecule has 0 aliphatic carbocycles. The molecular formula is C25H21Cl3N4O4. The lowest BCUT2D eigenvalue weighted by atomic mass is 10.1. The Bertz CT molecular complexity index is 1300. The summed E-state index contributed by atoms with van der Waals surface area (Å²) >= 11 is 18.0. The van der Waals surface area contributed by atoms with Crippen molar-refractivity contribution in [1.82, 2.24) is 5.43 Å². The molecule has 0 heterocycles. The average molecular weight is 548 g/mol. The number of hydrazone groups is 1. The second kappa shape index (κ2) is 12.9. The monoisotopic (exact) mass is 546 g/mol. The molecule has 0 fully saturated rings. The van der Waals surface area contributed by atoms with Crippen molar-refractivity contribution in [2.75, 3.05) is 17.2 Å². The van der Waals surface area contributed by atoms with Gasteiger partial charge in [-0.05, 0) is 54.4 Å². The lowest BCUT2D eigenvalue weighted by molar-refractivity contribution is -0.136. The molecule has 186 valence electrons. The fourth-order valence-corrected chi connectivity index (χ4v) is 3.43. The van der Waals surface area contributed by atoms with Crippen molar-refractivity contribution in [1.29, 1.82) is 0 Å². The third-order valence-corrected chi connectivity index (χ3v) is 5.81. The predicted molar refractivity (Wildman–Crippen MR) is 142 cm³/mol. The van der Waals surface area contributed by atoms with Gasteiger partial charge in [-0.25, -0.2) is 5.43 Å². The highest BCUT2D eigenvalue weighted by Gasteiger charge is 2.15. The first-order valence-electron chi connectivity index (χ1n) is 10.7. The SMILES string of the molecule is CCc1ccc(NC(=O)COc2ccc(Cl)cc2/C=N\NC(=O)C(=O)Nc2cccc(Cl)c2Cl)cc1. The first-order chi connectivity index (χ1) is 17.3. The van der Waals surface area contributed by atoms with Gasteiger partial charge in [0.25, 0.3) is 5.91 Å². The number of rotatable bonds is 8. The summed E-state index contributed by atoms with van der Waals surface area (Å²) in [6.07, 6.45) is 2.14. The maximum Gasteiger partial charge on any atom is 0.329 e. The van der Waals surface area contributed by atoms with Crippen LogP contribution in [0.25, 0.3) is 0 Å². The van der Waals surface area contributed by atoms with Crippen LogP contribution in [0.15, 0.2) is 65.8 Å². The molecule has 0 saturated carbocycles. The van der Waals surface area contributed by atoms with Gasteiger partial charge >= 0.3 is 11.8 Å². The quantitative estimate of drug-likeness (QED) is 0.202. The van der Waals surface area contributed by atoms with E-state index in [1.54, 1.807) is 24.3 Å². The standard InChI is InChI=1S/C25H21Cl3N4O4/c1-2-15-6-9-18(10-7-15)30-22(33)14-36-21-11-8-17(26)12-16(21)13-29-32-25(35)24(34)31-20-5-3-4-19(27)23(20)28/h3-13H,2,14H2,1H3,(H,30,33)(H,31,34)(H,32,35)/b29-13-. The Morgan fingerprint density at radius 3 is 2.42 bits per heavy atom. The Kier molecular flexibility index (Phi) is 9.69. The number of ether oxygens (including phenoxy) is 1. The van der Waals surface area contributed by atoms with Crippen LogP contribution in [0.5, 0.6) is 5.75 Å². The van der Waals surface area contributed by atoms with Crippen LogP contribution in [-0.2, 0) is 20.8 Å². The summed E-state index contributed by atoms with van der Waals surface area (Å²) in [4.78, 5) is 36.5. The van der Waals surface area contributed by atoms with Gasteiger partial charge in [-0.1, -0.05) is 59.9 Å².